The Morgan fingerprint density at radius 1 is 1.43 bits per heavy atom. The van der Waals surface area contributed by atoms with Crippen molar-refractivity contribution in [3.05, 3.63) is 45.4 Å². The van der Waals surface area contributed by atoms with Gasteiger partial charge in [0.05, 0.1) is 9.22 Å². The molecule has 1 atom stereocenters. The molecule has 0 radical (unpaired) electrons. The number of nitro groups is 1. The smallest absolute Gasteiger partial charge is 0.188 e. The third-order valence-corrected chi connectivity index (χ3v) is 4.39. The number of hydrogen-bond donors (Lipinski definition) is 0. The van der Waals surface area contributed by atoms with Gasteiger partial charge in [-0.3, -0.25) is 10.1 Å². The zero-order valence-electron chi connectivity index (χ0n) is 7.08. The van der Waals surface area contributed by atoms with Crippen LogP contribution in [0.5, 0.6) is 0 Å². The lowest BCUT2D eigenvalue weighted by molar-refractivity contribution is -0.292. The Morgan fingerprint density at radius 3 is 2.79 bits per heavy atom. The van der Waals surface area contributed by atoms with Crippen LogP contribution in [0, 0.1) is 20.8 Å². The number of nitriles is 1. The first-order valence-corrected chi connectivity index (χ1v) is 5.52. The maximum atomic E-state index is 10.9. The normalized spacial score (nSPS) is 27.4. The molecule has 1 heterocycles. The molecule has 0 saturated heterocycles. The van der Waals surface area contributed by atoms with Crippen LogP contribution in [0.3, 0.4) is 0 Å². The molecule has 14 heavy (non-hydrogen) atoms. The Balaban J connectivity index is 2.69. The fraction of sp³-hybridized carbons (Fsp3) is 0. The molecule has 0 aromatic heterocycles. The van der Waals surface area contributed by atoms with E-state index in [4.69, 9.17) is 5.26 Å². The molecule has 1 aliphatic rings. The Bertz CT molecular complexity index is 478. The maximum absolute atomic E-state index is 10.9. The summed E-state index contributed by atoms with van der Waals surface area (Å²) in [6.45, 7) is 0. The zero-order valence-corrected chi connectivity index (χ0v) is 7.90. The fourth-order valence-corrected chi connectivity index (χ4v) is 3.15. The van der Waals surface area contributed by atoms with E-state index in [0.717, 1.165) is 5.56 Å². The lowest BCUT2D eigenvalue weighted by Gasteiger charge is -2.15. The molecule has 70 valence electrons. The van der Waals surface area contributed by atoms with Gasteiger partial charge in [0.25, 0.3) is 0 Å². The quantitative estimate of drug-likeness (QED) is 0.402. The van der Waals surface area contributed by atoms with Crippen molar-refractivity contribution in [2.24, 2.45) is 0 Å². The van der Waals surface area contributed by atoms with Gasteiger partial charge >= 0.3 is 0 Å². The summed E-state index contributed by atoms with van der Waals surface area (Å²) in [5.74, 6) is 0. The van der Waals surface area contributed by atoms with Crippen molar-refractivity contribution in [3.8, 4) is 5.40 Å². The van der Waals surface area contributed by atoms with E-state index in [2.05, 4.69) is 0 Å². The van der Waals surface area contributed by atoms with Gasteiger partial charge in [-0.1, -0.05) is 18.2 Å². The third-order valence-electron chi connectivity index (χ3n) is 2.07. The van der Waals surface area contributed by atoms with Crippen LogP contribution in [0.25, 0.3) is 6.08 Å². The van der Waals surface area contributed by atoms with Gasteiger partial charge in [-0.2, -0.15) is 5.26 Å². The van der Waals surface area contributed by atoms with Crippen molar-refractivity contribution in [3.63, 3.8) is 0 Å². The van der Waals surface area contributed by atoms with Crippen molar-refractivity contribution >= 4 is 16.3 Å². The molecule has 1 aliphatic heterocycles. The van der Waals surface area contributed by atoms with Crippen LogP contribution in [0.2, 0.25) is 0 Å². The molecule has 5 heteroatoms. The summed E-state index contributed by atoms with van der Waals surface area (Å²) in [5.41, 5.74) is 0.778. The molecule has 0 aliphatic carbocycles. The Morgan fingerprint density at radius 2 is 2.14 bits per heavy atom. The molecule has 0 fully saturated rings. The fourth-order valence-electron chi connectivity index (χ4n) is 1.39. The SMILES string of the molecule is N#CS1([N+](=O)[O-])C=Cc2ccccc21. The van der Waals surface area contributed by atoms with Crippen molar-refractivity contribution in [1.29, 1.82) is 5.26 Å². The number of rotatable bonds is 1. The van der Waals surface area contributed by atoms with E-state index in [9.17, 15) is 10.1 Å². The van der Waals surface area contributed by atoms with Gasteiger partial charge < -0.3 is 0 Å². The van der Waals surface area contributed by atoms with E-state index in [1.165, 1.54) is 5.41 Å². The summed E-state index contributed by atoms with van der Waals surface area (Å²) < 4.78 is -0.477. The average molecular weight is 206 g/mol. The van der Waals surface area contributed by atoms with E-state index >= 15 is 0 Å². The minimum atomic E-state index is -2.63. The molecule has 4 nitrogen and oxygen atoms in total. The minimum Gasteiger partial charge on any atom is -0.251 e. The minimum absolute atomic E-state index is 0.477. The second kappa shape index (κ2) is 2.86. The summed E-state index contributed by atoms with van der Waals surface area (Å²) in [4.78, 5) is 11.4. The average Bonchev–Trinajstić information content (AvgIpc) is 2.57. The lowest BCUT2D eigenvalue weighted by Crippen LogP contribution is -2.04. The molecular formula is C9H6N2O2S. The molecule has 1 aromatic rings. The molecule has 0 spiro atoms. The van der Waals surface area contributed by atoms with E-state index in [-0.39, 0.29) is 0 Å². The van der Waals surface area contributed by atoms with E-state index in [1.807, 2.05) is 5.40 Å². The molecule has 0 amide bonds. The highest BCUT2D eigenvalue weighted by molar-refractivity contribution is 8.35. The van der Waals surface area contributed by atoms with Crippen LogP contribution in [0.1, 0.15) is 5.56 Å². The molecule has 0 bridgehead atoms. The molecule has 0 N–H and O–H groups in total. The number of fused-ring (bicyclic) bond motifs is 1. The van der Waals surface area contributed by atoms with Gasteiger partial charge in [-0.25, -0.2) is 0 Å². The van der Waals surface area contributed by atoms with Gasteiger partial charge in [0, 0.05) is 5.41 Å². The van der Waals surface area contributed by atoms with Crippen LogP contribution in [0.15, 0.2) is 34.6 Å². The van der Waals surface area contributed by atoms with E-state index < -0.39 is 14.5 Å². The Hall–Kier alpha value is -1.80. The van der Waals surface area contributed by atoms with Crippen molar-refractivity contribution in [2.75, 3.05) is 0 Å². The molecule has 1 unspecified atom stereocenters. The van der Waals surface area contributed by atoms with Gasteiger partial charge in [-0.05, 0) is 17.7 Å². The molecule has 1 aromatic carbocycles. The van der Waals surface area contributed by atoms with Crippen molar-refractivity contribution < 1.29 is 4.33 Å². The highest BCUT2D eigenvalue weighted by Gasteiger charge is 2.41. The number of benzene rings is 1. The first-order valence-electron chi connectivity index (χ1n) is 3.86. The monoisotopic (exact) mass is 206 g/mol. The molecule has 2 rings (SSSR count). The van der Waals surface area contributed by atoms with E-state index in [0.29, 0.717) is 4.90 Å². The topological polar surface area (TPSA) is 66.9 Å². The predicted molar refractivity (Wildman–Crippen MR) is 53.9 cm³/mol. The standard InChI is InChI=1S/C9H6N2O2S/c10-7-14(11(12)13)6-5-8-3-1-2-4-9(8)14/h1-6H. The highest BCUT2D eigenvalue weighted by Crippen LogP contribution is 2.61. The van der Waals surface area contributed by atoms with Gasteiger partial charge in [0.2, 0.25) is 0 Å². The molecule has 0 saturated carbocycles. The third kappa shape index (κ3) is 0.947. The van der Waals surface area contributed by atoms with Crippen molar-refractivity contribution in [1.82, 2.24) is 0 Å². The summed E-state index contributed by atoms with van der Waals surface area (Å²) in [6.07, 6.45) is 1.65. The van der Waals surface area contributed by atoms with Crippen LogP contribution >= 0.6 is 10.2 Å². The largest absolute Gasteiger partial charge is 0.251 e. The van der Waals surface area contributed by atoms with Gasteiger partial charge in [0.1, 0.15) is 0 Å². The number of hydrogen-bond acceptors (Lipinski definition) is 3. The summed E-state index contributed by atoms with van der Waals surface area (Å²) in [5, 5.41) is 23.1. The highest BCUT2D eigenvalue weighted by atomic mass is 32.3. The Labute approximate surface area is 82.1 Å². The molecular weight excluding hydrogens is 200 g/mol. The van der Waals surface area contributed by atoms with Crippen LogP contribution in [-0.2, 0) is 0 Å². The van der Waals surface area contributed by atoms with Crippen LogP contribution in [-0.4, -0.2) is 4.33 Å². The summed E-state index contributed by atoms with van der Waals surface area (Å²) in [7, 11) is -2.63. The predicted octanol–water partition coefficient (Wildman–Crippen LogP) is 2.51. The zero-order chi connectivity index (χ0) is 10.2. The number of thiocyanates is 1. The van der Waals surface area contributed by atoms with Gasteiger partial charge in [0.15, 0.2) is 15.6 Å². The first-order chi connectivity index (χ1) is 6.70. The van der Waals surface area contributed by atoms with Crippen molar-refractivity contribution in [2.45, 2.75) is 4.90 Å². The first kappa shape index (κ1) is 8.78. The van der Waals surface area contributed by atoms with Gasteiger partial charge in [-0.15, -0.1) is 0 Å². The summed E-state index contributed by atoms with van der Waals surface area (Å²) >= 11 is 0. The van der Waals surface area contributed by atoms with Crippen LogP contribution in [0.4, 0.5) is 0 Å². The Kier molecular flexibility index (Phi) is 1.79. The van der Waals surface area contributed by atoms with E-state index in [1.54, 1.807) is 30.3 Å². The maximum Gasteiger partial charge on any atom is 0.188 e. The second-order valence-electron chi connectivity index (χ2n) is 2.78. The second-order valence-corrected chi connectivity index (χ2v) is 5.23. The van der Waals surface area contributed by atoms with Crippen LogP contribution < -0.4 is 0 Å². The number of nitrogens with zero attached hydrogens (tertiary/aromatic N) is 2. The summed E-state index contributed by atoms with van der Waals surface area (Å²) in [6, 6.07) is 6.95. The lowest BCUT2D eigenvalue weighted by atomic mass is 10.2.